The van der Waals surface area contributed by atoms with Gasteiger partial charge in [0.1, 0.15) is 5.82 Å². The van der Waals surface area contributed by atoms with Crippen LogP contribution in [-0.4, -0.2) is 15.2 Å². The maximum Gasteiger partial charge on any atom is 0.242 e. The maximum absolute atomic E-state index is 5.31. The highest BCUT2D eigenvalue weighted by Gasteiger charge is 1.88. The van der Waals surface area contributed by atoms with E-state index in [0.717, 1.165) is 5.82 Å². The van der Waals surface area contributed by atoms with E-state index >= 15 is 0 Å². The molecule has 0 atom stereocenters. The third kappa shape index (κ3) is 0.899. The van der Waals surface area contributed by atoms with E-state index in [4.69, 9.17) is 11.6 Å². The number of rotatable bonds is 0. The van der Waals surface area contributed by atoms with Crippen molar-refractivity contribution in [3.63, 3.8) is 0 Å². The van der Waals surface area contributed by atoms with Gasteiger partial charge >= 0.3 is 0 Å². The molecule has 0 fully saturated rings. The molecular formula is C3H4ClN3. The molecule has 7 heavy (non-hydrogen) atoms. The van der Waals surface area contributed by atoms with E-state index in [2.05, 4.69) is 15.2 Å². The monoisotopic (exact) mass is 117 g/mol. The molecule has 0 saturated carbocycles. The number of aromatic amines is 1. The molecule has 0 unspecified atom stereocenters. The van der Waals surface area contributed by atoms with Crippen molar-refractivity contribution in [3.8, 4) is 0 Å². The van der Waals surface area contributed by atoms with Crippen LogP contribution >= 0.6 is 11.6 Å². The lowest BCUT2D eigenvalue weighted by Gasteiger charge is -1.66. The van der Waals surface area contributed by atoms with Crippen LogP contribution in [0.4, 0.5) is 0 Å². The topological polar surface area (TPSA) is 41.6 Å². The number of aryl methyl sites for hydroxylation is 1. The van der Waals surface area contributed by atoms with Gasteiger partial charge in [0.15, 0.2) is 0 Å². The van der Waals surface area contributed by atoms with Crippen LogP contribution in [0.5, 0.6) is 0 Å². The predicted molar refractivity (Wildman–Crippen MR) is 26.1 cm³/mol. The van der Waals surface area contributed by atoms with E-state index < -0.39 is 0 Å². The van der Waals surface area contributed by atoms with Crippen LogP contribution < -0.4 is 0 Å². The average Bonchev–Trinajstić information content (AvgIpc) is 1.87. The minimum Gasteiger partial charge on any atom is -0.262 e. The molecule has 0 radical (unpaired) electrons. The lowest BCUT2D eigenvalue weighted by molar-refractivity contribution is 1.04. The number of H-pyrrole nitrogens is 1. The number of nitrogens with one attached hydrogen (secondary N) is 1. The van der Waals surface area contributed by atoms with E-state index in [1.165, 1.54) is 0 Å². The van der Waals surface area contributed by atoms with Crippen molar-refractivity contribution in [1.29, 1.82) is 0 Å². The zero-order valence-electron chi connectivity index (χ0n) is 3.77. The molecule has 3 nitrogen and oxygen atoms in total. The first-order valence-corrected chi connectivity index (χ1v) is 2.21. The maximum atomic E-state index is 5.31. The highest BCUT2D eigenvalue weighted by Crippen LogP contribution is 1.95. The molecular weight excluding hydrogens is 114 g/mol. The number of aromatic nitrogens is 3. The van der Waals surface area contributed by atoms with Crippen LogP contribution in [-0.2, 0) is 0 Å². The van der Waals surface area contributed by atoms with Gasteiger partial charge in [0.2, 0.25) is 5.28 Å². The summed E-state index contributed by atoms with van der Waals surface area (Å²) >= 11 is 5.31. The molecule has 38 valence electrons. The average molecular weight is 118 g/mol. The zero-order chi connectivity index (χ0) is 5.28. The first kappa shape index (κ1) is 4.59. The zero-order valence-corrected chi connectivity index (χ0v) is 4.53. The highest BCUT2D eigenvalue weighted by atomic mass is 35.5. The van der Waals surface area contributed by atoms with Crippen molar-refractivity contribution in [2.75, 3.05) is 0 Å². The lowest BCUT2D eigenvalue weighted by atomic mass is 10.8. The summed E-state index contributed by atoms with van der Waals surface area (Å²) in [5, 5.41) is 6.40. The van der Waals surface area contributed by atoms with Crippen molar-refractivity contribution in [2.45, 2.75) is 6.92 Å². The third-order valence-corrected chi connectivity index (χ3v) is 0.739. The molecule has 0 spiro atoms. The second-order valence-electron chi connectivity index (χ2n) is 1.19. The molecule has 0 aliphatic rings. The number of hydrogen-bond donors (Lipinski definition) is 1. The minimum atomic E-state index is 0.275. The van der Waals surface area contributed by atoms with Crippen molar-refractivity contribution in [1.82, 2.24) is 15.2 Å². The van der Waals surface area contributed by atoms with Gasteiger partial charge < -0.3 is 0 Å². The summed E-state index contributed by atoms with van der Waals surface area (Å²) in [7, 11) is 0. The predicted octanol–water partition coefficient (Wildman–Crippen LogP) is 0.767. The summed E-state index contributed by atoms with van der Waals surface area (Å²) in [5.74, 6) is 0.741. The number of hydrogen-bond acceptors (Lipinski definition) is 2. The van der Waals surface area contributed by atoms with Gasteiger partial charge in [0.05, 0.1) is 0 Å². The van der Waals surface area contributed by atoms with E-state index in [1.807, 2.05) is 0 Å². The third-order valence-electron chi connectivity index (χ3n) is 0.570. The van der Waals surface area contributed by atoms with Gasteiger partial charge in [-0.1, -0.05) is 0 Å². The van der Waals surface area contributed by atoms with Crippen LogP contribution in [0.25, 0.3) is 0 Å². The molecule has 1 heterocycles. The molecule has 0 amide bonds. The van der Waals surface area contributed by atoms with Gasteiger partial charge in [-0.05, 0) is 18.5 Å². The largest absolute Gasteiger partial charge is 0.262 e. The van der Waals surface area contributed by atoms with Crippen LogP contribution in [0.1, 0.15) is 5.82 Å². The second kappa shape index (κ2) is 1.50. The van der Waals surface area contributed by atoms with E-state index in [1.54, 1.807) is 6.92 Å². The van der Waals surface area contributed by atoms with Crippen molar-refractivity contribution < 1.29 is 0 Å². The number of nitrogens with zero attached hydrogens (tertiary/aromatic N) is 2. The Bertz CT molecular complexity index is 142. The second-order valence-corrected chi connectivity index (χ2v) is 1.53. The Labute approximate surface area is 45.7 Å². The first-order valence-electron chi connectivity index (χ1n) is 1.83. The van der Waals surface area contributed by atoms with Crippen molar-refractivity contribution >= 4 is 11.6 Å². The Morgan fingerprint density at radius 2 is 2.43 bits per heavy atom. The fraction of sp³-hybridized carbons (Fsp3) is 0.333. The molecule has 1 N–H and O–H groups in total. The van der Waals surface area contributed by atoms with Gasteiger partial charge in [-0.15, -0.1) is 5.10 Å². The Morgan fingerprint density at radius 3 is 2.57 bits per heavy atom. The van der Waals surface area contributed by atoms with E-state index in [-0.39, 0.29) is 5.28 Å². The molecule has 1 aromatic heterocycles. The van der Waals surface area contributed by atoms with Gasteiger partial charge in [-0.3, -0.25) is 5.10 Å². The molecule has 1 rings (SSSR count). The van der Waals surface area contributed by atoms with Gasteiger partial charge in [0.25, 0.3) is 0 Å². The Hall–Kier alpha value is -0.570. The highest BCUT2D eigenvalue weighted by molar-refractivity contribution is 6.28. The fourth-order valence-corrected chi connectivity index (χ4v) is 0.484. The Kier molecular flexibility index (Phi) is 0.982. The molecule has 0 aliphatic heterocycles. The fourth-order valence-electron chi connectivity index (χ4n) is 0.315. The van der Waals surface area contributed by atoms with Crippen LogP contribution in [0, 0.1) is 6.92 Å². The minimum absolute atomic E-state index is 0.275. The summed E-state index contributed by atoms with van der Waals surface area (Å²) < 4.78 is 0. The van der Waals surface area contributed by atoms with E-state index in [0.29, 0.717) is 0 Å². The first-order chi connectivity index (χ1) is 3.29. The van der Waals surface area contributed by atoms with E-state index in [9.17, 15) is 0 Å². The van der Waals surface area contributed by atoms with Gasteiger partial charge in [0, 0.05) is 0 Å². The summed E-state index contributed by atoms with van der Waals surface area (Å²) in [6.45, 7) is 1.79. The molecule has 0 bridgehead atoms. The summed E-state index contributed by atoms with van der Waals surface area (Å²) in [6.07, 6.45) is 0. The van der Waals surface area contributed by atoms with Crippen LogP contribution in [0.15, 0.2) is 0 Å². The smallest absolute Gasteiger partial charge is 0.242 e. The van der Waals surface area contributed by atoms with Gasteiger partial charge in [-0.2, -0.15) is 0 Å². The summed E-state index contributed by atoms with van der Waals surface area (Å²) in [4.78, 5) is 3.71. The quantitative estimate of drug-likeness (QED) is 0.545. The van der Waals surface area contributed by atoms with Crippen molar-refractivity contribution in [2.24, 2.45) is 0 Å². The Balaban J connectivity index is 3.04. The van der Waals surface area contributed by atoms with Crippen LogP contribution in [0.2, 0.25) is 5.28 Å². The molecule has 0 saturated heterocycles. The lowest BCUT2D eigenvalue weighted by Crippen LogP contribution is -1.69. The standard InChI is InChI=1S/C3H4ClN3/c1-2-5-3(4)7-6-2/h1H3,(H,5,6,7). The number of halogens is 1. The van der Waals surface area contributed by atoms with Crippen LogP contribution in [0.3, 0.4) is 0 Å². The summed E-state index contributed by atoms with van der Waals surface area (Å²) in [5.41, 5.74) is 0. The van der Waals surface area contributed by atoms with Gasteiger partial charge in [-0.25, -0.2) is 4.98 Å². The molecule has 1 aromatic rings. The molecule has 0 aromatic carbocycles. The molecule has 4 heteroatoms. The molecule has 0 aliphatic carbocycles. The Morgan fingerprint density at radius 1 is 1.71 bits per heavy atom. The normalized spacial score (nSPS) is 9.43. The van der Waals surface area contributed by atoms with Crippen molar-refractivity contribution in [3.05, 3.63) is 11.1 Å². The SMILES string of the molecule is Cc1nc(Cl)n[nH]1. The summed E-state index contributed by atoms with van der Waals surface area (Å²) in [6, 6.07) is 0.